The Balaban J connectivity index is 1.67. The quantitative estimate of drug-likeness (QED) is 0.543. The summed E-state index contributed by atoms with van der Waals surface area (Å²) in [6.07, 6.45) is -1.02. The summed E-state index contributed by atoms with van der Waals surface area (Å²) in [5.74, 6) is -1.15. The van der Waals surface area contributed by atoms with Crippen molar-refractivity contribution < 1.29 is 23.5 Å². The van der Waals surface area contributed by atoms with Crippen LogP contribution in [0.3, 0.4) is 0 Å². The fourth-order valence-electron chi connectivity index (χ4n) is 2.67. The van der Waals surface area contributed by atoms with Gasteiger partial charge in [0.1, 0.15) is 5.58 Å². The topological polar surface area (TPSA) is 85.6 Å². The van der Waals surface area contributed by atoms with Crippen LogP contribution in [0.15, 0.2) is 52.9 Å². The minimum absolute atomic E-state index is 0.0589. The standard InChI is InChI=1S/C21H19NO5/c1-12-17-6-4-5-7-18(17)27-19(12)21(25)26-14(3)20(24)22-16-10-8-15(9-11-16)13(2)23/h4-11,14H,1-3H3,(H,22,24)/t14-/m0/s1. The van der Waals surface area contributed by atoms with Crippen molar-refractivity contribution in [2.24, 2.45) is 0 Å². The van der Waals surface area contributed by atoms with E-state index in [0.717, 1.165) is 5.39 Å². The van der Waals surface area contributed by atoms with E-state index in [2.05, 4.69) is 5.32 Å². The van der Waals surface area contributed by atoms with Crippen LogP contribution in [-0.2, 0) is 9.53 Å². The van der Waals surface area contributed by atoms with Gasteiger partial charge in [-0.05, 0) is 51.1 Å². The number of Topliss-reactive ketones (excluding diaryl/α,β-unsaturated/α-hetero) is 1. The van der Waals surface area contributed by atoms with Crippen LogP contribution >= 0.6 is 0 Å². The van der Waals surface area contributed by atoms with Crippen LogP contribution in [0.5, 0.6) is 0 Å². The van der Waals surface area contributed by atoms with E-state index in [1.807, 2.05) is 18.2 Å². The maximum absolute atomic E-state index is 12.4. The third-order valence-electron chi connectivity index (χ3n) is 4.24. The number of carbonyl (C=O) groups excluding carboxylic acids is 3. The lowest BCUT2D eigenvalue weighted by atomic mass is 10.1. The number of para-hydroxylation sites is 1. The summed E-state index contributed by atoms with van der Waals surface area (Å²) in [7, 11) is 0. The summed E-state index contributed by atoms with van der Waals surface area (Å²) >= 11 is 0. The van der Waals surface area contributed by atoms with Gasteiger partial charge in [-0.25, -0.2) is 4.79 Å². The van der Waals surface area contributed by atoms with E-state index in [4.69, 9.17) is 9.15 Å². The number of fused-ring (bicyclic) bond motifs is 1. The number of ether oxygens (including phenoxy) is 1. The first-order valence-electron chi connectivity index (χ1n) is 8.48. The second-order valence-corrected chi connectivity index (χ2v) is 6.22. The number of aryl methyl sites for hydroxylation is 1. The molecular weight excluding hydrogens is 346 g/mol. The summed E-state index contributed by atoms with van der Waals surface area (Å²) in [6, 6.07) is 13.8. The van der Waals surface area contributed by atoms with Gasteiger partial charge in [-0.15, -0.1) is 0 Å². The Hall–Kier alpha value is -3.41. The van der Waals surface area contributed by atoms with E-state index >= 15 is 0 Å². The molecule has 0 saturated heterocycles. The molecule has 0 saturated carbocycles. The molecule has 1 aromatic heterocycles. The molecule has 0 unspecified atom stereocenters. The van der Waals surface area contributed by atoms with Crippen LogP contribution in [-0.4, -0.2) is 23.8 Å². The smallest absolute Gasteiger partial charge is 0.375 e. The van der Waals surface area contributed by atoms with Crippen molar-refractivity contribution in [1.29, 1.82) is 0 Å². The average molecular weight is 365 g/mol. The van der Waals surface area contributed by atoms with E-state index in [1.54, 1.807) is 37.3 Å². The molecule has 1 heterocycles. The first kappa shape index (κ1) is 18.4. The normalized spacial score (nSPS) is 11.8. The van der Waals surface area contributed by atoms with Crippen LogP contribution in [0.25, 0.3) is 11.0 Å². The zero-order chi connectivity index (χ0) is 19.6. The number of anilines is 1. The zero-order valence-corrected chi connectivity index (χ0v) is 15.2. The molecule has 2 aromatic carbocycles. The highest BCUT2D eigenvalue weighted by atomic mass is 16.6. The van der Waals surface area contributed by atoms with Gasteiger partial charge in [-0.1, -0.05) is 18.2 Å². The van der Waals surface area contributed by atoms with Gasteiger partial charge in [0, 0.05) is 22.2 Å². The third kappa shape index (κ3) is 3.89. The first-order chi connectivity index (χ1) is 12.9. The fraction of sp³-hybridized carbons (Fsp3) is 0.190. The van der Waals surface area contributed by atoms with Crippen LogP contribution in [0.2, 0.25) is 0 Å². The van der Waals surface area contributed by atoms with Gasteiger partial charge in [0.2, 0.25) is 5.76 Å². The number of hydrogen-bond donors (Lipinski definition) is 1. The van der Waals surface area contributed by atoms with Crippen LogP contribution in [0, 0.1) is 6.92 Å². The number of carbonyl (C=O) groups is 3. The van der Waals surface area contributed by atoms with Crippen molar-refractivity contribution in [2.45, 2.75) is 26.9 Å². The zero-order valence-electron chi connectivity index (χ0n) is 15.2. The summed E-state index contributed by atoms with van der Waals surface area (Å²) in [6.45, 7) is 4.72. The lowest BCUT2D eigenvalue weighted by molar-refractivity contribution is -0.123. The highest BCUT2D eigenvalue weighted by molar-refractivity contribution is 6.00. The minimum atomic E-state index is -1.02. The third-order valence-corrected chi connectivity index (χ3v) is 4.24. The van der Waals surface area contributed by atoms with Gasteiger partial charge in [0.05, 0.1) is 0 Å². The number of hydrogen-bond acceptors (Lipinski definition) is 5. The maximum Gasteiger partial charge on any atom is 0.375 e. The number of rotatable bonds is 5. The molecule has 0 spiro atoms. The Morgan fingerprint density at radius 1 is 1.04 bits per heavy atom. The molecule has 0 aliphatic heterocycles. The Kier molecular flexibility index (Phi) is 5.07. The highest BCUT2D eigenvalue weighted by Gasteiger charge is 2.24. The number of benzene rings is 2. The van der Waals surface area contributed by atoms with Gasteiger partial charge in [0.25, 0.3) is 5.91 Å². The van der Waals surface area contributed by atoms with Crippen LogP contribution < -0.4 is 5.32 Å². The van der Waals surface area contributed by atoms with Crippen molar-refractivity contribution in [3.05, 3.63) is 65.4 Å². The summed E-state index contributed by atoms with van der Waals surface area (Å²) in [5.41, 5.74) is 2.31. The van der Waals surface area contributed by atoms with Crippen molar-refractivity contribution in [3.8, 4) is 0 Å². The predicted molar refractivity (Wildman–Crippen MR) is 101 cm³/mol. The molecule has 1 amide bonds. The predicted octanol–water partition coefficient (Wildman–Crippen LogP) is 4.13. The second kappa shape index (κ2) is 7.45. The number of esters is 1. The number of ketones is 1. The Morgan fingerprint density at radius 2 is 1.70 bits per heavy atom. The first-order valence-corrected chi connectivity index (χ1v) is 8.48. The van der Waals surface area contributed by atoms with Crippen LogP contribution in [0.4, 0.5) is 5.69 Å². The molecule has 6 heteroatoms. The van der Waals surface area contributed by atoms with E-state index in [1.165, 1.54) is 13.8 Å². The Morgan fingerprint density at radius 3 is 2.33 bits per heavy atom. The highest BCUT2D eigenvalue weighted by Crippen LogP contribution is 2.25. The van der Waals surface area contributed by atoms with Crippen molar-refractivity contribution in [1.82, 2.24) is 0 Å². The number of amides is 1. The average Bonchev–Trinajstić information content (AvgIpc) is 2.99. The van der Waals surface area contributed by atoms with Gasteiger partial charge in [0.15, 0.2) is 11.9 Å². The van der Waals surface area contributed by atoms with E-state index in [9.17, 15) is 14.4 Å². The van der Waals surface area contributed by atoms with E-state index < -0.39 is 18.0 Å². The largest absolute Gasteiger partial charge is 0.449 e. The van der Waals surface area contributed by atoms with Gasteiger partial charge in [-0.3, -0.25) is 9.59 Å². The molecular formula is C21H19NO5. The molecule has 138 valence electrons. The minimum Gasteiger partial charge on any atom is -0.449 e. The summed E-state index contributed by atoms with van der Waals surface area (Å²) in [5, 5.41) is 3.47. The molecule has 6 nitrogen and oxygen atoms in total. The fourth-order valence-corrected chi connectivity index (χ4v) is 2.67. The lowest BCUT2D eigenvalue weighted by Crippen LogP contribution is -2.30. The molecule has 3 rings (SSSR count). The second-order valence-electron chi connectivity index (χ2n) is 6.22. The van der Waals surface area contributed by atoms with Crippen molar-refractivity contribution >= 4 is 34.3 Å². The van der Waals surface area contributed by atoms with E-state index in [-0.39, 0.29) is 11.5 Å². The number of furan rings is 1. The van der Waals surface area contributed by atoms with Crippen molar-refractivity contribution in [2.75, 3.05) is 5.32 Å². The molecule has 0 aliphatic carbocycles. The van der Waals surface area contributed by atoms with E-state index in [0.29, 0.717) is 22.4 Å². The van der Waals surface area contributed by atoms with Crippen molar-refractivity contribution in [3.63, 3.8) is 0 Å². The Bertz CT molecular complexity index is 1020. The molecule has 3 aromatic rings. The SMILES string of the molecule is CC(=O)c1ccc(NC(=O)[C@H](C)OC(=O)c2oc3ccccc3c2C)cc1. The summed E-state index contributed by atoms with van der Waals surface area (Å²) in [4.78, 5) is 35.9. The van der Waals surface area contributed by atoms with Gasteiger partial charge >= 0.3 is 5.97 Å². The maximum atomic E-state index is 12.4. The van der Waals surface area contributed by atoms with Gasteiger partial charge < -0.3 is 14.5 Å². The number of nitrogens with one attached hydrogen (secondary N) is 1. The molecule has 0 fully saturated rings. The molecule has 1 N–H and O–H groups in total. The molecule has 1 atom stereocenters. The molecule has 0 aliphatic rings. The monoisotopic (exact) mass is 365 g/mol. The van der Waals surface area contributed by atoms with Crippen LogP contribution in [0.1, 0.15) is 40.3 Å². The molecule has 0 bridgehead atoms. The Labute approximate surface area is 156 Å². The van der Waals surface area contributed by atoms with Gasteiger partial charge in [-0.2, -0.15) is 0 Å². The summed E-state index contributed by atoms with van der Waals surface area (Å²) < 4.78 is 10.8. The molecule has 0 radical (unpaired) electrons. The lowest BCUT2D eigenvalue weighted by Gasteiger charge is -2.13. The molecule has 27 heavy (non-hydrogen) atoms.